The third-order valence-corrected chi connectivity index (χ3v) is 6.34. The molecule has 2 aromatic rings. The Labute approximate surface area is 201 Å². The van der Waals surface area contributed by atoms with E-state index in [1.807, 2.05) is 38.4 Å². The summed E-state index contributed by atoms with van der Waals surface area (Å²) in [5, 5.41) is 3.12. The van der Waals surface area contributed by atoms with Crippen LogP contribution in [-0.2, 0) is 4.79 Å². The standard InChI is InChI=1S/C26H35N3O5/c1-28(2)24(18-6-8-21(32-3)9-7-18)17-27-25(30)19-10-12-29(13-11-19)26(31)20-14-22(33-4)16-23(15-20)34-5/h6-9,14-16,19,24H,10-13,17H2,1-5H3,(H,27,30). The molecule has 1 fully saturated rings. The SMILES string of the molecule is COc1ccc(C(CNC(=O)C2CCN(C(=O)c3cc(OC)cc(OC)c3)CC2)N(C)C)cc1. The molecule has 0 aliphatic carbocycles. The molecule has 0 bridgehead atoms. The summed E-state index contributed by atoms with van der Waals surface area (Å²) < 4.78 is 15.8. The van der Waals surface area contributed by atoms with E-state index in [0.29, 0.717) is 49.5 Å². The average Bonchev–Trinajstić information content (AvgIpc) is 2.88. The minimum atomic E-state index is -0.109. The van der Waals surface area contributed by atoms with Crippen molar-refractivity contribution < 1.29 is 23.8 Å². The molecule has 0 radical (unpaired) electrons. The lowest BCUT2D eigenvalue weighted by Crippen LogP contribution is -2.44. The number of rotatable bonds is 9. The van der Waals surface area contributed by atoms with Crippen LogP contribution in [0.2, 0.25) is 0 Å². The first kappa shape index (κ1) is 25.4. The van der Waals surface area contributed by atoms with Crippen LogP contribution in [-0.4, -0.2) is 76.7 Å². The molecule has 8 heteroatoms. The van der Waals surface area contributed by atoms with Crippen molar-refractivity contribution in [2.45, 2.75) is 18.9 Å². The smallest absolute Gasteiger partial charge is 0.254 e. The van der Waals surface area contributed by atoms with Crippen LogP contribution in [0.4, 0.5) is 0 Å². The molecule has 0 aromatic heterocycles. The first-order chi connectivity index (χ1) is 16.4. The molecule has 1 aliphatic rings. The summed E-state index contributed by atoms with van der Waals surface area (Å²) in [6.45, 7) is 1.58. The first-order valence-electron chi connectivity index (χ1n) is 11.5. The van der Waals surface area contributed by atoms with Gasteiger partial charge in [0.15, 0.2) is 0 Å². The fraction of sp³-hybridized carbons (Fsp3) is 0.462. The van der Waals surface area contributed by atoms with Gasteiger partial charge in [-0.05, 0) is 56.8 Å². The van der Waals surface area contributed by atoms with Gasteiger partial charge in [0.25, 0.3) is 5.91 Å². The second-order valence-electron chi connectivity index (χ2n) is 8.67. The van der Waals surface area contributed by atoms with E-state index in [1.54, 1.807) is 44.4 Å². The Morgan fingerprint density at radius 1 is 0.941 bits per heavy atom. The van der Waals surface area contributed by atoms with Gasteiger partial charge >= 0.3 is 0 Å². The highest BCUT2D eigenvalue weighted by Gasteiger charge is 2.29. The molecule has 2 amide bonds. The number of likely N-dealkylation sites (N-methyl/N-ethyl adjacent to an activating group) is 1. The van der Waals surface area contributed by atoms with Crippen LogP contribution in [0.5, 0.6) is 17.2 Å². The second-order valence-corrected chi connectivity index (χ2v) is 8.67. The zero-order valence-electron chi connectivity index (χ0n) is 20.7. The minimum absolute atomic E-state index is 0.0375. The van der Waals surface area contributed by atoms with Gasteiger partial charge in [0.05, 0.1) is 27.4 Å². The number of methoxy groups -OCH3 is 3. The van der Waals surface area contributed by atoms with E-state index in [0.717, 1.165) is 11.3 Å². The van der Waals surface area contributed by atoms with E-state index in [9.17, 15) is 9.59 Å². The van der Waals surface area contributed by atoms with Crippen LogP contribution in [0.25, 0.3) is 0 Å². The number of nitrogens with zero attached hydrogens (tertiary/aromatic N) is 2. The lowest BCUT2D eigenvalue weighted by atomic mass is 9.95. The molecular formula is C26H35N3O5. The van der Waals surface area contributed by atoms with Gasteiger partial charge in [-0.2, -0.15) is 0 Å². The maximum atomic E-state index is 13.0. The Hall–Kier alpha value is -3.26. The van der Waals surface area contributed by atoms with E-state index >= 15 is 0 Å². The Balaban J connectivity index is 1.55. The molecule has 184 valence electrons. The highest BCUT2D eigenvalue weighted by Crippen LogP contribution is 2.26. The molecule has 1 saturated heterocycles. The van der Waals surface area contributed by atoms with Gasteiger partial charge < -0.3 is 29.3 Å². The van der Waals surface area contributed by atoms with Gasteiger partial charge in [-0.3, -0.25) is 9.59 Å². The van der Waals surface area contributed by atoms with Crippen molar-refractivity contribution in [1.29, 1.82) is 0 Å². The van der Waals surface area contributed by atoms with E-state index in [-0.39, 0.29) is 23.8 Å². The van der Waals surface area contributed by atoms with Crippen molar-refractivity contribution in [2.24, 2.45) is 5.92 Å². The van der Waals surface area contributed by atoms with Crippen molar-refractivity contribution in [2.75, 3.05) is 55.1 Å². The van der Waals surface area contributed by atoms with Crippen LogP contribution in [0.15, 0.2) is 42.5 Å². The summed E-state index contributed by atoms with van der Waals surface area (Å²) in [4.78, 5) is 29.8. The Morgan fingerprint density at radius 2 is 1.50 bits per heavy atom. The molecular weight excluding hydrogens is 434 g/mol. The van der Waals surface area contributed by atoms with Gasteiger partial charge in [0.1, 0.15) is 17.2 Å². The summed E-state index contributed by atoms with van der Waals surface area (Å²) in [5.41, 5.74) is 1.63. The Kier molecular flexibility index (Phi) is 8.76. The number of carbonyl (C=O) groups is 2. The molecule has 0 spiro atoms. The molecule has 1 atom stereocenters. The van der Waals surface area contributed by atoms with Crippen LogP contribution >= 0.6 is 0 Å². The number of nitrogens with one attached hydrogen (secondary N) is 1. The van der Waals surface area contributed by atoms with Gasteiger partial charge in [-0.1, -0.05) is 12.1 Å². The summed E-state index contributed by atoms with van der Waals surface area (Å²) in [6, 6.07) is 13.1. The summed E-state index contributed by atoms with van der Waals surface area (Å²) in [6.07, 6.45) is 1.27. The fourth-order valence-electron chi connectivity index (χ4n) is 4.22. The number of amides is 2. The predicted octanol–water partition coefficient (Wildman–Crippen LogP) is 2.98. The number of ether oxygens (including phenoxy) is 3. The van der Waals surface area contributed by atoms with Crippen molar-refractivity contribution in [1.82, 2.24) is 15.1 Å². The number of hydrogen-bond acceptors (Lipinski definition) is 6. The molecule has 0 saturated carbocycles. The first-order valence-corrected chi connectivity index (χ1v) is 11.5. The number of benzene rings is 2. The number of hydrogen-bond donors (Lipinski definition) is 1. The van der Waals surface area contributed by atoms with Gasteiger partial charge in [-0.25, -0.2) is 0 Å². The minimum Gasteiger partial charge on any atom is -0.497 e. The van der Waals surface area contributed by atoms with E-state index in [4.69, 9.17) is 14.2 Å². The molecule has 1 unspecified atom stereocenters. The second kappa shape index (κ2) is 11.7. The molecule has 1 aliphatic heterocycles. The maximum Gasteiger partial charge on any atom is 0.254 e. The van der Waals surface area contributed by atoms with Gasteiger partial charge in [-0.15, -0.1) is 0 Å². The Bertz CT molecular complexity index is 947. The van der Waals surface area contributed by atoms with Gasteiger partial charge in [0.2, 0.25) is 5.91 Å². The van der Waals surface area contributed by atoms with Crippen LogP contribution in [0.3, 0.4) is 0 Å². The van der Waals surface area contributed by atoms with Gasteiger partial charge in [0, 0.05) is 37.2 Å². The molecule has 2 aromatic carbocycles. The lowest BCUT2D eigenvalue weighted by Gasteiger charge is -2.32. The third kappa shape index (κ3) is 6.20. The van der Waals surface area contributed by atoms with Crippen LogP contribution in [0, 0.1) is 5.92 Å². The summed E-state index contributed by atoms with van der Waals surface area (Å²) in [7, 11) is 8.76. The van der Waals surface area contributed by atoms with E-state index in [2.05, 4.69) is 10.2 Å². The van der Waals surface area contributed by atoms with Crippen LogP contribution in [0.1, 0.15) is 34.8 Å². The zero-order valence-corrected chi connectivity index (χ0v) is 20.7. The third-order valence-electron chi connectivity index (χ3n) is 6.34. The normalized spacial score (nSPS) is 15.1. The lowest BCUT2D eigenvalue weighted by molar-refractivity contribution is -0.126. The molecule has 34 heavy (non-hydrogen) atoms. The Morgan fingerprint density at radius 3 is 2.00 bits per heavy atom. The zero-order chi connectivity index (χ0) is 24.7. The highest BCUT2D eigenvalue weighted by molar-refractivity contribution is 5.95. The fourth-order valence-corrected chi connectivity index (χ4v) is 4.22. The molecule has 1 heterocycles. The maximum absolute atomic E-state index is 13.0. The topological polar surface area (TPSA) is 80.3 Å². The molecule has 8 nitrogen and oxygen atoms in total. The molecule has 3 rings (SSSR count). The van der Waals surface area contributed by atoms with Crippen LogP contribution < -0.4 is 19.5 Å². The molecule has 1 N–H and O–H groups in total. The number of carbonyl (C=O) groups excluding carboxylic acids is 2. The van der Waals surface area contributed by atoms with Crippen molar-refractivity contribution in [3.63, 3.8) is 0 Å². The highest BCUT2D eigenvalue weighted by atomic mass is 16.5. The largest absolute Gasteiger partial charge is 0.497 e. The summed E-state index contributed by atoms with van der Waals surface area (Å²) >= 11 is 0. The predicted molar refractivity (Wildman–Crippen MR) is 131 cm³/mol. The van der Waals surface area contributed by atoms with Crippen molar-refractivity contribution in [3.8, 4) is 17.2 Å². The number of likely N-dealkylation sites (tertiary alicyclic amines) is 1. The number of piperidine rings is 1. The monoisotopic (exact) mass is 469 g/mol. The summed E-state index contributed by atoms with van der Waals surface area (Å²) in [5.74, 6) is 1.80. The van der Waals surface area contributed by atoms with Crippen molar-refractivity contribution in [3.05, 3.63) is 53.6 Å². The average molecular weight is 470 g/mol. The van der Waals surface area contributed by atoms with E-state index < -0.39 is 0 Å². The van der Waals surface area contributed by atoms with Crippen molar-refractivity contribution >= 4 is 11.8 Å². The quantitative estimate of drug-likeness (QED) is 0.608. The van der Waals surface area contributed by atoms with E-state index in [1.165, 1.54) is 0 Å².